The van der Waals surface area contributed by atoms with Gasteiger partial charge in [0.05, 0.1) is 12.0 Å². The van der Waals surface area contributed by atoms with Crippen molar-refractivity contribution < 1.29 is 28.4 Å². The number of nitro groups is 1. The Bertz CT molecular complexity index is 651. The summed E-state index contributed by atoms with van der Waals surface area (Å²) >= 11 is 0. The molecular weight excluding hydrogens is 323 g/mol. The molecule has 1 aliphatic heterocycles. The van der Waals surface area contributed by atoms with Gasteiger partial charge in [-0.25, -0.2) is 4.79 Å². The van der Waals surface area contributed by atoms with E-state index < -0.39 is 41.0 Å². The summed E-state index contributed by atoms with van der Waals surface area (Å²) in [5, 5.41) is 10.6. The van der Waals surface area contributed by atoms with E-state index in [1.807, 2.05) is 0 Å². The van der Waals surface area contributed by atoms with Crippen LogP contribution in [-0.2, 0) is 14.3 Å². The van der Waals surface area contributed by atoms with Crippen molar-refractivity contribution in [2.45, 2.75) is 25.3 Å². The molecule has 0 aliphatic carbocycles. The minimum absolute atomic E-state index is 0.00178. The predicted molar refractivity (Wildman–Crippen MR) is 79.9 cm³/mol. The van der Waals surface area contributed by atoms with Crippen LogP contribution in [0.25, 0.3) is 0 Å². The van der Waals surface area contributed by atoms with E-state index in [9.17, 15) is 24.1 Å². The predicted octanol–water partition coefficient (Wildman–Crippen LogP) is 1.67. The van der Waals surface area contributed by atoms with E-state index in [1.165, 1.54) is 18.1 Å². The topological polar surface area (TPSA) is 99.0 Å². The quantitative estimate of drug-likeness (QED) is 0.459. The van der Waals surface area contributed by atoms with Crippen molar-refractivity contribution in [3.05, 3.63) is 34.1 Å². The van der Waals surface area contributed by atoms with Crippen LogP contribution in [0.15, 0.2) is 18.2 Å². The van der Waals surface area contributed by atoms with Gasteiger partial charge in [-0.1, -0.05) is 0 Å². The average Bonchev–Trinajstić information content (AvgIpc) is 2.58. The van der Waals surface area contributed by atoms with Crippen molar-refractivity contribution in [1.29, 1.82) is 0 Å². The van der Waals surface area contributed by atoms with E-state index >= 15 is 0 Å². The molecule has 0 saturated carbocycles. The Morgan fingerprint density at radius 3 is 2.79 bits per heavy atom. The number of ether oxygens (including phenoxy) is 2. The number of amides is 1. The number of benzene rings is 1. The van der Waals surface area contributed by atoms with Crippen LogP contribution in [-0.4, -0.2) is 48.0 Å². The van der Waals surface area contributed by atoms with Crippen LogP contribution >= 0.6 is 0 Å². The molecule has 1 atom stereocenters. The third kappa shape index (κ3) is 3.98. The number of carbonyl (C=O) groups excluding carboxylic acids is 2. The van der Waals surface area contributed by atoms with E-state index in [-0.39, 0.29) is 5.75 Å². The molecule has 8 nitrogen and oxygen atoms in total. The van der Waals surface area contributed by atoms with Crippen molar-refractivity contribution >= 4 is 17.6 Å². The molecule has 0 aromatic heterocycles. The monoisotopic (exact) mass is 340 g/mol. The standard InChI is InChI=1S/C15H17FN2O6/c1-23-15(20)13-4-2-3-7-17(13)14(19)9-24-10-5-6-12(18(21)22)11(16)8-10/h5-6,8,13H,2-4,7,9H2,1H3. The summed E-state index contributed by atoms with van der Waals surface area (Å²) < 4.78 is 23.4. The average molecular weight is 340 g/mol. The van der Waals surface area contributed by atoms with Gasteiger partial charge in [0.25, 0.3) is 5.91 Å². The first kappa shape index (κ1) is 17.6. The highest BCUT2D eigenvalue weighted by atomic mass is 19.1. The highest BCUT2D eigenvalue weighted by Crippen LogP contribution is 2.23. The van der Waals surface area contributed by atoms with Crippen LogP contribution < -0.4 is 4.74 Å². The molecule has 1 heterocycles. The number of halogens is 1. The summed E-state index contributed by atoms with van der Waals surface area (Å²) in [6, 6.07) is 2.38. The van der Waals surface area contributed by atoms with Crippen molar-refractivity contribution in [1.82, 2.24) is 4.90 Å². The van der Waals surface area contributed by atoms with Gasteiger partial charge in [-0.3, -0.25) is 14.9 Å². The van der Waals surface area contributed by atoms with Crippen LogP contribution in [0.2, 0.25) is 0 Å². The first-order valence-electron chi connectivity index (χ1n) is 7.38. The van der Waals surface area contributed by atoms with Gasteiger partial charge in [-0.15, -0.1) is 0 Å². The smallest absolute Gasteiger partial charge is 0.328 e. The summed E-state index contributed by atoms with van der Waals surface area (Å²) in [6.45, 7) is 0.0152. The summed E-state index contributed by atoms with van der Waals surface area (Å²) in [5.74, 6) is -1.96. The number of hydrogen-bond donors (Lipinski definition) is 0. The number of methoxy groups -OCH3 is 1. The fourth-order valence-electron chi connectivity index (χ4n) is 2.56. The number of likely N-dealkylation sites (tertiary alicyclic amines) is 1. The molecule has 0 N–H and O–H groups in total. The number of hydrogen-bond acceptors (Lipinski definition) is 6. The zero-order valence-electron chi connectivity index (χ0n) is 13.1. The second-order valence-electron chi connectivity index (χ2n) is 5.28. The molecule has 24 heavy (non-hydrogen) atoms. The third-order valence-electron chi connectivity index (χ3n) is 3.77. The Labute approximate surface area is 137 Å². The molecule has 1 saturated heterocycles. The molecule has 2 rings (SSSR count). The molecule has 130 valence electrons. The second-order valence-corrected chi connectivity index (χ2v) is 5.28. The molecule has 1 aromatic carbocycles. The van der Waals surface area contributed by atoms with Crippen LogP contribution in [0.4, 0.5) is 10.1 Å². The summed E-state index contributed by atoms with van der Waals surface area (Å²) in [7, 11) is 1.26. The Balaban J connectivity index is 2.00. The van der Waals surface area contributed by atoms with Crippen molar-refractivity contribution in [3.63, 3.8) is 0 Å². The lowest BCUT2D eigenvalue weighted by Crippen LogP contribution is -2.50. The van der Waals surface area contributed by atoms with Crippen LogP contribution in [0.1, 0.15) is 19.3 Å². The van der Waals surface area contributed by atoms with Crippen molar-refractivity contribution in [2.24, 2.45) is 0 Å². The van der Waals surface area contributed by atoms with Gasteiger partial charge in [0.1, 0.15) is 11.8 Å². The van der Waals surface area contributed by atoms with Gasteiger partial charge in [0.15, 0.2) is 6.61 Å². The van der Waals surface area contributed by atoms with Gasteiger partial charge in [0.2, 0.25) is 5.82 Å². The fraction of sp³-hybridized carbons (Fsp3) is 0.467. The molecule has 1 fully saturated rings. The lowest BCUT2D eigenvalue weighted by atomic mass is 10.0. The van der Waals surface area contributed by atoms with Crippen molar-refractivity contribution in [3.8, 4) is 5.75 Å². The lowest BCUT2D eigenvalue weighted by Gasteiger charge is -2.33. The maximum absolute atomic E-state index is 13.5. The van der Waals surface area contributed by atoms with Crippen LogP contribution in [0.5, 0.6) is 5.75 Å². The van der Waals surface area contributed by atoms with Crippen LogP contribution in [0.3, 0.4) is 0 Å². The first-order valence-corrected chi connectivity index (χ1v) is 7.38. The van der Waals surface area contributed by atoms with Gasteiger partial charge < -0.3 is 14.4 Å². The van der Waals surface area contributed by atoms with Crippen molar-refractivity contribution in [2.75, 3.05) is 20.3 Å². The molecule has 1 aliphatic rings. The molecule has 0 radical (unpaired) electrons. The van der Waals surface area contributed by atoms with Crippen LogP contribution in [0, 0.1) is 15.9 Å². The highest BCUT2D eigenvalue weighted by molar-refractivity contribution is 5.85. The molecule has 1 aromatic rings. The fourth-order valence-corrected chi connectivity index (χ4v) is 2.56. The Kier molecular flexibility index (Phi) is 5.67. The summed E-state index contributed by atoms with van der Waals surface area (Å²) in [4.78, 5) is 35.1. The maximum atomic E-state index is 13.5. The lowest BCUT2D eigenvalue weighted by molar-refractivity contribution is -0.387. The van der Waals surface area contributed by atoms with Gasteiger partial charge in [-0.2, -0.15) is 4.39 Å². The number of rotatable bonds is 5. The van der Waals surface area contributed by atoms with Gasteiger partial charge in [-0.05, 0) is 25.3 Å². The molecule has 1 unspecified atom stereocenters. The maximum Gasteiger partial charge on any atom is 0.328 e. The number of nitro benzene ring substituents is 1. The SMILES string of the molecule is COC(=O)C1CCCCN1C(=O)COc1ccc([N+](=O)[O-])c(F)c1. The van der Waals surface area contributed by atoms with Gasteiger partial charge in [0, 0.05) is 18.7 Å². The Morgan fingerprint density at radius 2 is 2.17 bits per heavy atom. The second kappa shape index (κ2) is 7.71. The molecular formula is C15H17FN2O6. The van der Waals surface area contributed by atoms with E-state index in [4.69, 9.17) is 9.47 Å². The summed E-state index contributed by atoms with van der Waals surface area (Å²) in [6.07, 6.45) is 2.11. The van der Waals surface area contributed by atoms with E-state index in [1.54, 1.807) is 0 Å². The largest absolute Gasteiger partial charge is 0.484 e. The Morgan fingerprint density at radius 1 is 1.42 bits per heavy atom. The summed E-state index contributed by atoms with van der Waals surface area (Å²) in [5.41, 5.74) is -0.671. The molecule has 0 spiro atoms. The number of piperidine rings is 1. The zero-order valence-corrected chi connectivity index (χ0v) is 13.1. The normalized spacial score (nSPS) is 17.2. The molecule has 9 heteroatoms. The zero-order chi connectivity index (χ0) is 17.7. The number of esters is 1. The minimum Gasteiger partial charge on any atom is -0.484 e. The van der Waals surface area contributed by atoms with E-state index in [2.05, 4.69) is 0 Å². The van der Waals surface area contributed by atoms with E-state index in [0.717, 1.165) is 25.0 Å². The highest BCUT2D eigenvalue weighted by Gasteiger charge is 2.32. The molecule has 1 amide bonds. The first-order chi connectivity index (χ1) is 11.4. The third-order valence-corrected chi connectivity index (χ3v) is 3.77. The Hall–Kier alpha value is -2.71. The minimum atomic E-state index is -1.05. The number of carbonyl (C=O) groups is 2. The van der Waals surface area contributed by atoms with Gasteiger partial charge >= 0.3 is 11.7 Å². The molecule has 0 bridgehead atoms. The van der Waals surface area contributed by atoms with E-state index in [0.29, 0.717) is 13.0 Å². The number of nitrogens with zero attached hydrogens (tertiary/aromatic N) is 2.